The Kier molecular flexibility index (Phi) is 8.41. The predicted molar refractivity (Wildman–Crippen MR) is 71.0 cm³/mol. The molecule has 0 bridgehead atoms. The van der Waals surface area contributed by atoms with Crippen LogP contribution in [-0.4, -0.2) is 31.2 Å². The second-order valence-corrected chi connectivity index (χ2v) is 3.63. The maximum absolute atomic E-state index is 8.12. The topological polar surface area (TPSA) is 51.1 Å². The van der Waals surface area contributed by atoms with E-state index in [1.165, 1.54) is 11.8 Å². The molecule has 0 aromatic heterocycles. The molecule has 0 saturated carbocycles. The van der Waals surface area contributed by atoms with Crippen LogP contribution in [0.1, 0.15) is 12.0 Å². The summed E-state index contributed by atoms with van der Waals surface area (Å²) < 4.78 is 10.6. The summed E-state index contributed by atoms with van der Waals surface area (Å²) in [7, 11) is 0. The van der Waals surface area contributed by atoms with Crippen molar-refractivity contribution in [2.24, 2.45) is 5.16 Å². The highest BCUT2D eigenvalue weighted by Gasteiger charge is 1.89. The van der Waals surface area contributed by atoms with Crippen molar-refractivity contribution in [1.82, 2.24) is 0 Å². The number of ether oxygens (including phenoxy) is 2. The molecule has 0 aliphatic rings. The molecule has 4 heteroatoms. The first-order valence-electron chi connectivity index (χ1n) is 5.94. The van der Waals surface area contributed by atoms with E-state index in [1.807, 2.05) is 42.5 Å². The van der Waals surface area contributed by atoms with E-state index in [9.17, 15) is 0 Å². The van der Waals surface area contributed by atoms with Crippen LogP contribution in [-0.2, 0) is 16.1 Å². The smallest absolute Gasteiger partial charge is 0.0852 e. The first kappa shape index (κ1) is 14.4. The van der Waals surface area contributed by atoms with Gasteiger partial charge >= 0.3 is 0 Å². The van der Waals surface area contributed by atoms with Crippen LogP contribution < -0.4 is 0 Å². The molecule has 0 spiro atoms. The minimum atomic E-state index is 0.342. The van der Waals surface area contributed by atoms with Crippen LogP contribution in [0.5, 0.6) is 0 Å². The summed E-state index contributed by atoms with van der Waals surface area (Å²) in [5.41, 5.74) is 1.18. The molecule has 0 fully saturated rings. The zero-order chi connectivity index (χ0) is 12.9. The van der Waals surface area contributed by atoms with E-state index in [2.05, 4.69) is 5.16 Å². The minimum Gasteiger partial charge on any atom is -0.411 e. The van der Waals surface area contributed by atoms with Crippen molar-refractivity contribution in [3.05, 3.63) is 48.0 Å². The summed E-state index contributed by atoms with van der Waals surface area (Å²) in [6, 6.07) is 10.1. The van der Waals surface area contributed by atoms with Crippen LogP contribution in [0, 0.1) is 0 Å². The fourth-order valence-electron chi connectivity index (χ4n) is 1.33. The number of hydrogen-bond acceptors (Lipinski definition) is 4. The summed E-state index contributed by atoms with van der Waals surface area (Å²) in [6.07, 6.45) is 6.13. The van der Waals surface area contributed by atoms with Gasteiger partial charge in [0.1, 0.15) is 0 Å². The fourth-order valence-corrected chi connectivity index (χ4v) is 1.33. The van der Waals surface area contributed by atoms with E-state index in [0.29, 0.717) is 26.4 Å². The number of nitrogens with zero attached hydrogens (tertiary/aromatic N) is 1. The maximum Gasteiger partial charge on any atom is 0.0852 e. The number of benzene rings is 1. The van der Waals surface area contributed by atoms with Crippen molar-refractivity contribution >= 4 is 6.21 Å². The van der Waals surface area contributed by atoms with E-state index < -0.39 is 0 Å². The van der Waals surface area contributed by atoms with E-state index in [0.717, 1.165) is 6.42 Å². The highest BCUT2D eigenvalue weighted by Crippen LogP contribution is 2.00. The lowest BCUT2D eigenvalue weighted by Crippen LogP contribution is -1.97. The van der Waals surface area contributed by atoms with Crippen molar-refractivity contribution in [1.29, 1.82) is 0 Å². The average Bonchev–Trinajstić information content (AvgIpc) is 2.42. The molecule has 0 aliphatic carbocycles. The van der Waals surface area contributed by atoms with Crippen LogP contribution >= 0.6 is 0 Å². The predicted octanol–water partition coefficient (Wildman–Crippen LogP) is 2.63. The minimum absolute atomic E-state index is 0.342. The van der Waals surface area contributed by atoms with Crippen molar-refractivity contribution in [2.45, 2.75) is 13.0 Å². The van der Waals surface area contributed by atoms with Gasteiger partial charge in [-0.15, -0.1) is 0 Å². The molecule has 0 unspecified atom stereocenters. The van der Waals surface area contributed by atoms with Crippen LogP contribution in [0.15, 0.2) is 47.6 Å². The summed E-state index contributed by atoms with van der Waals surface area (Å²) in [5.74, 6) is 0. The van der Waals surface area contributed by atoms with E-state index in [1.54, 1.807) is 0 Å². The zero-order valence-electron chi connectivity index (χ0n) is 10.4. The van der Waals surface area contributed by atoms with Gasteiger partial charge in [-0.05, 0) is 12.0 Å². The van der Waals surface area contributed by atoms with Gasteiger partial charge in [0.2, 0.25) is 0 Å². The Morgan fingerprint density at radius 2 is 1.89 bits per heavy atom. The number of rotatable bonds is 9. The van der Waals surface area contributed by atoms with Gasteiger partial charge in [0.15, 0.2) is 0 Å². The van der Waals surface area contributed by atoms with Gasteiger partial charge in [-0.1, -0.05) is 47.6 Å². The molecule has 0 amide bonds. The van der Waals surface area contributed by atoms with Crippen molar-refractivity contribution < 1.29 is 14.7 Å². The molecular weight excluding hydrogens is 230 g/mol. The maximum atomic E-state index is 8.12. The van der Waals surface area contributed by atoms with Crippen LogP contribution in [0.3, 0.4) is 0 Å². The zero-order valence-corrected chi connectivity index (χ0v) is 10.4. The fraction of sp³-hybridized carbons (Fsp3) is 0.357. The molecule has 98 valence electrons. The van der Waals surface area contributed by atoms with Gasteiger partial charge < -0.3 is 14.7 Å². The molecule has 1 aromatic carbocycles. The highest BCUT2D eigenvalue weighted by molar-refractivity contribution is 5.57. The molecule has 0 heterocycles. The van der Waals surface area contributed by atoms with E-state index >= 15 is 0 Å². The standard InChI is InChI=1S/C14H19NO3/c16-15-9-12-17-10-5-2-6-11-18-13-14-7-3-1-4-8-14/h1-4,6-9,16H,5,10-13H2. The molecule has 0 aliphatic heterocycles. The first-order valence-corrected chi connectivity index (χ1v) is 5.94. The summed E-state index contributed by atoms with van der Waals surface area (Å²) in [4.78, 5) is 0. The van der Waals surface area contributed by atoms with Gasteiger partial charge in [0.25, 0.3) is 0 Å². The van der Waals surface area contributed by atoms with Gasteiger partial charge in [0.05, 0.1) is 32.6 Å². The first-order chi connectivity index (χ1) is 8.93. The average molecular weight is 249 g/mol. The summed E-state index contributed by atoms with van der Waals surface area (Å²) >= 11 is 0. The SMILES string of the molecule is ON=CCOCCC=CCOCc1ccccc1. The van der Waals surface area contributed by atoms with Gasteiger partial charge in [-0.25, -0.2) is 0 Å². The largest absolute Gasteiger partial charge is 0.411 e. The molecule has 1 aromatic rings. The molecule has 1 rings (SSSR count). The Labute approximate surface area is 108 Å². The summed E-state index contributed by atoms with van der Waals surface area (Å²) in [6.45, 7) is 2.19. The lowest BCUT2D eigenvalue weighted by Gasteiger charge is -2.00. The molecule has 0 radical (unpaired) electrons. The quantitative estimate of drug-likeness (QED) is 0.241. The molecule has 1 N–H and O–H groups in total. The monoisotopic (exact) mass is 249 g/mol. The van der Waals surface area contributed by atoms with Crippen LogP contribution in [0.25, 0.3) is 0 Å². The number of hydrogen-bond donors (Lipinski definition) is 1. The molecule has 0 atom stereocenters. The lowest BCUT2D eigenvalue weighted by atomic mass is 10.2. The molecule has 4 nitrogen and oxygen atoms in total. The molecular formula is C14H19NO3. The third-order valence-corrected chi connectivity index (χ3v) is 2.20. The Hall–Kier alpha value is -1.65. The second kappa shape index (κ2) is 10.5. The second-order valence-electron chi connectivity index (χ2n) is 3.63. The Morgan fingerprint density at radius 3 is 2.67 bits per heavy atom. The Bertz CT molecular complexity index is 349. The van der Waals surface area contributed by atoms with Gasteiger partial charge in [0, 0.05) is 0 Å². The van der Waals surface area contributed by atoms with Crippen LogP contribution in [0.4, 0.5) is 0 Å². The highest BCUT2D eigenvalue weighted by atomic mass is 16.5. The third kappa shape index (κ3) is 7.60. The van der Waals surface area contributed by atoms with Crippen molar-refractivity contribution in [2.75, 3.05) is 19.8 Å². The number of oxime groups is 1. The van der Waals surface area contributed by atoms with E-state index in [-0.39, 0.29) is 0 Å². The Morgan fingerprint density at radius 1 is 1.06 bits per heavy atom. The summed E-state index contributed by atoms with van der Waals surface area (Å²) in [5, 5.41) is 11.0. The lowest BCUT2D eigenvalue weighted by molar-refractivity contribution is 0.148. The van der Waals surface area contributed by atoms with E-state index in [4.69, 9.17) is 14.7 Å². The van der Waals surface area contributed by atoms with Gasteiger partial charge in [-0.3, -0.25) is 0 Å². The van der Waals surface area contributed by atoms with Crippen molar-refractivity contribution in [3.8, 4) is 0 Å². The van der Waals surface area contributed by atoms with Crippen LogP contribution in [0.2, 0.25) is 0 Å². The van der Waals surface area contributed by atoms with Crippen molar-refractivity contribution in [3.63, 3.8) is 0 Å². The Balaban J connectivity index is 1.94. The molecule has 0 saturated heterocycles. The molecule has 18 heavy (non-hydrogen) atoms. The third-order valence-electron chi connectivity index (χ3n) is 2.20. The van der Waals surface area contributed by atoms with Gasteiger partial charge in [-0.2, -0.15) is 0 Å². The normalized spacial score (nSPS) is 11.6.